The van der Waals surface area contributed by atoms with Crippen molar-refractivity contribution in [3.8, 4) is 0 Å². The van der Waals surface area contributed by atoms with Gasteiger partial charge < -0.3 is 4.90 Å². The normalized spacial score (nSPS) is 10.7. The number of amides is 1. The van der Waals surface area contributed by atoms with Crippen LogP contribution in [0.15, 0.2) is 12.4 Å². The second-order valence-corrected chi connectivity index (χ2v) is 5.64. The molecule has 5 nitrogen and oxygen atoms in total. The van der Waals surface area contributed by atoms with E-state index in [1.165, 1.54) is 0 Å². The van der Waals surface area contributed by atoms with Crippen LogP contribution in [-0.4, -0.2) is 27.7 Å². The van der Waals surface area contributed by atoms with Gasteiger partial charge in [0.25, 0.3) is 0 Å². The molecule has 0 aliphatic carbocycles. The quantitative estimate of drug-likeness (QED) is 0.848. The summed E-state index contributed by atoms with van der Waals surface area (Å²) in [6.45, 7) is 3.95. The molecule has 0 atom stereocenters. The Morgan fingerprint density at radius 1 is 1.50 bits per heavy atom. The van der Waals surface area contributed by atoms with Crippen molar-refractivity contribution >= 4 is 22.9 Å². The number of aromatic nitrogens is 3. The zero-order valence-electron chi connectivity index (χ0n) is 11.0. The number of hydrogen-bond donors (Lipinski definition) is 0. The Hall–Kier alpha value is -1.69. The molecule has 0 radical (unpaired) electrons. The van der Waals surface area contributed by atoms with E-state index in [1.807, 2.05) is 27.1 Å². The highest BCUT2D eigenvalue weighted by atomic mass is 32.1. The smallest absolute Gasteiger partial charge is 0.232 e. The predicted octanol–water partition coefficient (Wildman–Crippen LogP) is 1.70. The summed E-state index contributed by atoms with van der Waals surface area (Å²) in [5.74, 6) is 0.0244. The number of carbonyl (C=O) groups is 1. The van der Waals surface area contributed by atoms with E-state index in [0.29, 0.717) is 6.42 Å². The van der Waals surface area contributed by atoms with Crippen molar-refractivity contribution in [3.05, 3.63) is 28.0 Å². The second-order valence-electron chi connectivity index (χ2n) is 4.24. The number of carbonyl (C=O) groups excluding carboxylic acids is 1. The molecule has 0 fully saturated rings. The molecule has 0 aliphatic heterocycles. The van der Waals surface area contributed by atoms with Gasteiger partial charge in [0.15, 0.2) is 0 Å². The summed E-state index contributed by atoms with van der Waals surface area (Å²) >= 11 is 1.62. The minimum atomic E-state index is 0.0244. The molecule has 0 spiro atoms. The number of rotatable bonds is 3. The van der Waals surface area contributed by atoms with Gasteiger partial charge in [0, 0.05) is 25.2 Å². The van der Waals surface area contributed by atoms with Crippen molar-refractivity contribution in [2.24, 2.45) is 7.05 Å². The number of likely N-dealkylation sites (N-methyl/N-ethyl adjacent to an activating group) is 1. The van der Waals surface area contributed by atoms with Gasteiger partial charge in [-0.2, -0.15) is 5.10 Å². The van der Waals surface area contributed by atoms with Crippen LogP contribution < -0.4 is 4.90 Å². The molecule has 18 heavy (non-hydrogen) atoms. The van der Waals surface area contributed by atoms with Crippen molar-refractivity contribution in [1.82, 2.24) is 14.8 Å². The van der Waals surface area contributed by atoms with Gasteiger partial charge in [-0.05, 0) is 13.8 Å². The number of thiazole rings is 1. The first-order valence-electron chi connectivity index (χ1n) is 5.65. The third-order valence-electron chi connectivity index (χ3n) is 2.77. The second kappa shape index (κ2) is 4.89. The summed E-state index contributed by atoms with van der Waals surface area (Å²) in [6.07, 6.45) is 3.83. The fraction of sp³-hybridized carbons (Fsp3) is 0.417. The third-order valence-corrected chi connectivity index (χ3v) is 3.70. The summed E-state index contributed by atoms with van der Waals surface area (Å²) in [7, 11) is 3.59. The highest BCUT2D eigenvalue weighted by Gasteiger charge is 2.16. The van der Waals surface area contributed by atoms with Gasteiger partial charge >= 0.3 is 0 Å². The molecule has 6 heteroatoms. The first-order valence-corrected chi connectivity index (χ1v) is 6.47. The van der Waals surface area contributed by atoms with Crippen LogP contribution in [0.3, 0.4) is 0 Å². The Morgan fingerprint density at radius 2 is 2.22 bits per heavy atom. The minimum Gasteiger partial charge on any atom is -0.312 e. The molecule has 2 rings (SSSR count). The molecule has 0 bridgehead atoms. The summed E-state index contributed by atoms with van der Waals surface area (Å²) < 4.78 is 1.68. The zero-order valence-corrected chi connectivity index (χ0v) is 11.8. The Morgan fingerprint density at radius 3 is 2.72 bits per heavy atom. The van der Waals surface area contributed by atoms with Crippen molar-refractivity contribution < 1.29 is 4.79 Å². The number of nitrogens with zero attached hydrogens (tertiary/aromatic N) is 4. The van der Waals surface area contributed by atoms with Gasteiger partial charge in [0.1, 0.15) is 0 Å². The zero-order chi connectivity index (χ0) is 13.3. The first-order chi connectivity index (χ1) is 8.47. The summed E-state index contributed by atoms with van der Waals surface area (Å²) in [4.78, 5) is 19.2. The Balaban J connectivity index is 2.10. The fourth-order valence-corrected chi connectivity index (χ4v) is 2.56. The van der Waals surface area contributed by atoms with E-state index in [2.05, 4.69) is 10.1 Å². The SMILES string of the molecule is Cc1nc(CC(=O)N(C)c2cnn(C)c2)c(C)s1. The van der Waals surface area contributed by atoms with E-state index in [4.69, 9.17) is 0 Å². The number of aryl methyl sites for hydroxylation is 3. The summed E-state index contributed by atoms with van der Waals surface area (Å²) in [5.41, 5.74) is 1.67. The molecule has 2 aromatic rings. The average molecular weight is 264 g/mol. The Kier molecular flexibility index (Phi) is 3.47. The Labute approximate surface area is 110 Å². The molecule has 0 N–H and O–H groups in total. The maximum absolute atomic E-state index is 12.1. The maximum Gasteiger partial charge on any atom is 0.232 e. The topological polar surface area (TPSA) is 51.0 Å². The third kappa shape index (κ3) is 2.59. The Bertz CT molecular complexity index is 572. The van der Waals surface area contributed by atoms with E-state index >= 15 is 0 Å². The van der Waals surface area contributed by atoms with E-state index in [1.54, 1.807) is 34.2 Å². The van der Waals surface area contributed by atoms with Gasteiger partial charge in [0.05, 0.1) is 29.0 Å². The fourth-order valence-electron chi connectivity index (χ4n) is 1.72. The number of hydrogen-bond acceptors (Lipinski definition) is 4. The molecule has 2 heterocycles. The molecule has 0 aromatic carbocycles. The lowest BCUT2D eigenvalue weighted by atomic mass is 10.2. The number of anilines is 1. The van der Waals surface area contributed by atoms with Crippen LogP contribution in [0.5, 0.6) is 0 Å². The maximum atomic E-state index is 12.1. The molecular formula is C12H16N4OS. The highest BCUT2D eigenvalue weighted by molar-refractivity contribution is 7.11. The van der Waals surface area contributed by atoms with E-state index in [9.17, 15) is 4.79 Å². The van der Waals surface area contributed by atoms with Crippen LogP contribution in [0.2, 0.25) is 0 Å². The first kappa shape index (κ1) is 12.8. The van der Waals surface area contributed by atoms with Gasteiger partial charge in [-0.3, -0.25) is 9.48 Å². The van der Waals surface area contributed by atoms with Crippen LogP contribution in [0.25, 0.3) is 0 Å². The largest absolute Gasteiger partial charge is 0.312 e. The lowest BCUT2D eigenvalue weighted by Crippen LogP contribution is -2.27. The lowest BCUT2D eigenvalue weighted by Gasteiger charge is -2.14. The van der Waals surface area contributed by atoms with E-state index < -0.39 is 0 Å². The van der Waals surface area contributed by atoms with Crippen molar-refractivity contribution in [2.75, 3.05) is 11.9 Å². The molecule has 1 amide bonds. The van der Waals surface area contributed by atoms with Gasteiger partial charge in [-0.1, -0.05) is 0 Å². The summed E-state index contributed by atoms with van der Waals surface area (Å²) in [6, 6.07) is 0. The van der Waals surface area contributed by atoms with Crippen LogP contribution in [0, 0.1) is 13.8 Å². The predicted molar refractivity (Wildman–Crippen MR) is 71.9 cm³/mol. The molecule has 0 unspecified atom stereocenters. The molecule has 2 aromatic heterocycles. The summed E-state index contributed by atoms with van der Waals surface area (Å²) in [5, 5.41) is 5.06. The average Bonchev–Trinajstić information content (AvgIpc) is 2.85. The lowest BCUT2D eigenvalue weighted by molar-refractivity contribution is -0.117. The molecule has 0 saturated carbocycles. The van der Waals surface area contributed by atoms with Gasteiger partial charge in [0.2, 0.25) is 5.91 Å². The van der Waals surface area contributed by atoms with Gasteiger partial charge in [-0.25, -0.2) is 4.98 Å². The molecule has 96 valence electrons. The van der Waals surface area contributed by atoms with Crippen molar-refractivity contribution in [2.45, 2.75) is 20.3 Å². The van der Waals surface area contributed by atoms with Crippen LogP contribution in [-0.2, 0) is 18.3 Å². The molecular weight excluding hydrogens is 248 g/mol. The minimum absolute atomic E-state index is 0.0244. The van der Waals surface area contributed by atoms with Gasteiger partial charge in [-0.15, -0.1) is 11.3 Å². The van der Waals surface area contributed by atoms with Crippen molar-refractivity contribution in [1.29, 1.82) is 0 Å². The van der Waals surface area contributed by atoms with Crippen LogP contribution in [0.1, 0.15) is 15.6 Å². The van der Waals surface area contributed by atoms with E-state index in [-0.39, 0.29) is 5.91 Å². The monoisotopic (exact) mass is 264 g/mol. The van der Waals surface area contributed by atoms with E-state index in [0.717, 1.165) is 21.3 Å². The van der Waals surface area contributed by atoms with Crippen LogP contribution >= 0.6 is 11.3 Å². The molecule has 0 aliphatic rings. The molecule has 0 saturated heterocycles. The van der Waals surface area contributed by atoms with Crippen LogP contribution in [0.4, 0.5) is 5.69 Å². The van der Waals surface area contributed by atoms with Crippen molar-refractivity contribution in [3.63, 3.8) is 0 Å². The highest BCUT2D eigenvalue weighted by Crippen LogP contribution is 2.18. The standard InChI is InChI=1S/C12H16N4OS/c1-8-11(14-9(2)18-8)5-12(17)16(4)10-6-13-15(3)7-10/h6-7H,5H2,1-4H3.